The zero-order chi connectivity index (χ0) is 22.7. The molecule has 2 aromatic heterocycles. The molecular weight excluding hydrogens is 418 g/mol. The zero-order valence-corrected chi connectivity index (χ0v) is 18.4. The van der Waals surface area contributed by atoms with E-state index in [4.69, 9.17) is 0 Å². The Morgan fingerprint density at radius 1 is 1.00 bits per heavy atom. The number of hydrogen-bond donors (Lipinski definition) is 0. The van der Waals surface area contributed by atoms with Crippen molar-refractivity contribution in [2.45, 2.75) is 13.8 Å². The van der Waals surface area contributed by atoms with Gasteiger partial charge < -0.3 is 0 Å². The third kappa shape index (κ3) is 3.94. The van der Waals surface area contributed by atoms with Gasteiger partial charge in [0, 0.05) is 11.8 Å². The average Bonchev–Trinajstić information content (AvgIpc) is 3.11. The van der Waals surface area contributed by atoms with Gasteiger partial charge in [0.2, 0.25) is 5.78 Å². The lowest BCUT2D eigenvalue weighted by Gasteiger charge is -2.08. The molecule has 2 heterocycles. The van der Waals surface area contributed by atoms with Crippen molar-refractivity contribution in [1.82, 2.24) is 9.55 Å². The van der Waals surface area contributed by atoms with Crippen LogP contribution in [-0.2, 0) is 0 Å². The standard InChI is InChI=1S/C26H19N3O2S/c1-17-9-3-5-12-20(17)24(30)21(16-27)26-29(22-13-6-4-10-18(22)2)25(31)23(32-26)15-19-11-7-8-14-28-19/h3-15H,1-2H3/b23-15-,26-21+. The maximum absolute atomic E-state index is 13.5. The molecule has 0 bridgehead atoms. The summed E-state index contributed by atoms with van der Waals surface area (Å²) >= 11 is 1.12. The molecule has 0 saturated heterocycles. The molecule has 4 rings (SSSR count). The fourth-order valence-corrected chi connectivity index (χ4v) is 4.52. The van der Waals surface area contributed by atoms with E-state index in [1.807, 2.05) is 56.3 Å². The van der Waals surface area contributed by atoms with Gasteiger partial charge in [-0.3, -0.25) is 19.1 Å². The van der Waals surface area contributed by atoms with Crippen LogP contribution in [0, 0.1) is 25.2 Å². The molecule has 0 saturated carbocycles. The summed E-state index contributed by atoms with van der Waals surface area (Å²) in [4.78, 5) is 31.1. The van der Waals surface area contributed by atoms with Crippen LogP contribution in [-0.4, -0.2) is 15.3 Å². The minimum atomic E-state index is -0.404. The van der Waals surface area contributed by atoms with Gasteiger partial charge in [-0.1, -0.05) is 48.5 Å². The number of nitrogens with zero attached hydrogens (tertiary/aromatic N) is 3. The maximum atomic E-state index is 13.5. The van der Waals surface area contributed by atoms with E-state index in [9.17, 15) is 14.9 Å². The Balaban J connectivity index is 2.10. The van der Waals surface area contributed by atoms with Gasteiger partial charge in [0.1, 0.15) is 16.3 Å². The molecule has 0 N–H and O–H groups in total. The summed E-state index contributed by atoms with van der Waals surface area (Å²) in [6.07, 6.45) is 3.33. The van der Waals surface area contributed by atoms with Crippen LogP contribution in [0.3, 0.4) is 0 Å². The van der Waals surface area contributed by atoms with Crippen LogP contribution in [0.25, 0.3) is 17.3 Å². The molecule has 32 heavy (non-hydrogen) atoms. The second-order valence-corrected chi connectivity index (χ2v) is 8.26. The van der Waals surface area contributed by atoms with Gasteiger partial charge in [0.25, 0.3) is 5.56 Å². The highest BCUT2D eigenvalue weighted by atomic mass is 32.1. The van der Waals surface area contributed by atoms with Crippen LogP contribution in [0.15, 0.2) is 77.7 Å². The summed E-state index contributed by atoms with van der Waals surface area (Å²) in [6, 6.07) is 22.0. The maximum Gasteiger partial charge on any atom is 0.273 e. The fourth-order valence-electron chi connectivity index (χ4n) is 3.44. The first kappa shape index (κ1) is 21.2. The minimum Gasteiger partial charge on any atom is -0.288 e. The molecule has 0 amide bonds. The smallest absolute Gasteiger partial charge is 0.273 e. The number of carbonyl (C=O) groups is 1. The van der Waals surface area contributed by atoms with Crippen molar-refractivity contribution in [3.8, 4) is 11.8 Å². The Bertz CT molecular complexity index is 1540. The quantitative estimate of drug-likeness (QED) is 0.459. The monoisotopic (exact) mass is 437 g/mol. The third-order valence-corrected chi connectivity index (χ3v) is 6.18. The van der Waals surface area contributed by atoms with Gasteiger partial charge in [0.15, 0.2) is 0 Å². The van der Waals surface area contributed by atoms with E-state index in [0.717, 1.165) is 22.5 Å². The summed E-state index contributed by atoms with van der Waals surface area (Å²) in [5.74, 6) is -0.404. The molecule has 0 atom stereocenters. The van der Waals surface area contributed by atoms with Crippen LogP contribution in [0.2, 0.25) is 0 Å². The minimum absolute atomic E-state index is 0.0645. The van der Waals surface area contributed by atoms with Gasteiger partial charge in [-0.15, -0.1) is 11.3 Å². The van der Waals surface area contributed by atoms with E-state index in [-0.39, 0.29) is 11.1 Å². The van der Waals surface area contributed by atoms with Crippen molar-refractivity contribution < 1.29 is 4.79 Å². The lowest BCUT2D eigenvalue weighted by atomic mass is 10.0. The highest BCUT2D eigenvalue weighted by Gasteiger charge is 2.20. The van der Waals surface area contributed by atoms with Crippen molar-refractivity contribution in [3.63, 3.8) is 0 Å². The fraction of sp³-hybridized carbons (Fsp3) is 0.0769. The Kier molecular flexibility index (Phi) is 5.93. The summed E-state index contributed by atoms with van der Waals surface area (Å²) in [5.41, 5.74) is 2.97. The molecule has 0 aliphatic heterocycles. The number of pyridine rings is 1. The molecule has 0 aliphatic rings. The number of para-hydroxylation sites is 1. The summed E-state index contributed by atoms with van der Waals surface area (Å²) in [7, 11) is 0. The predicted molar refractivity (Wildman–Crippen MR) is 126 cm³/mol. The van der Waals surface area contributed by atoms with Crippen LogP contribution in [0.4, 0.5) is 0 Å². The number of ketones is 1. The van der Waals surface area contributed by atoms with E-state index < -0.39 is 5.78 Å². The number of aromatic nitrogens is 2. The molecular formula is C26H19N3O2S. The van der Waals surface area contributed by atoms with E-state index >= 15 is 0 Å². The molecule has 0 fully saturated rings. The van der Waals surface area contributed by atoms with Gasteiger partial charge in [-0.25, -0.2) is 0 Å². The molecule has 2 aromatic carbocycles. The van der Waals surface area contributed by atoms with E-state index in [2.05, 4.69) is 11.1 Å². The number of rotatable bonds is 4. The van der Waals surface area contributed by atoms with Crippen LogP contribution < -0.4 is 14.8 Å². The molecule has 0 unspecified atom stereocenters. The number of benzene rings is 2. The molecule has 5 nitrogen and oxygen atoms in total. The molecule has 156 valence electrons. The van der Waals surface area contributed by atoms with Crippen molar-refractivity contribution in [2.24, 2.45) is 0 Å². The Labute approximate surface area is 188 Å². The highest BCUT2D eigenvalue weighted by molar-refractivity contribution is 7.07. The second-order valence-electron chi connectivity index (χ2n) is 7.23. The van der Waals surface area contributed by atoms with Crippen molar-refractivity contribution in [3.05, 3.63) is 115 Å². The zero-order valence-electron chi connectivity index (χ0n) is 17.6. The van der Waals surface area contributed by atoms with Gasteiger partial charge in [-0.05, 0) is 49.2 Å². The van der Waals surface area contributed by atoms with E-state index in [0.29, 0.717) is 26.1 Å². The normalized spacial score (nSPS) is 12.3. The number of nitriles is 1. The van der Waals surface area contributed by atoms with Gasteiger partial charge in [-0.2, -0.15) is 5.26 Å². The molecule has 0 radical (unpaired) electrons. The van der Waals surface area contributed by atoms with E-state index in [1.54, 1.807) is 36.5 Å². The van der Waals surface area contributed by atoms with Crippen LogP contribution in [0.5, 0.6) is 0 Å². The molecule has 4 aromatic rings. The summed E-state index contributed by atoms with van der Waals surface area (Å²) in [5, 5.41) is 9.99. The highest BCUT2D eigenvalue weighted by Crippen LogP contribution is 2.15. The van der Waals surface area contributed by atoms with Gasteiger partial charge >= 0.3 is 0 Å². The SMILES string of the molecule is Cc1ccccc1C(=O)/C(C#N)=c1/s/c(=C\c2ccccn2)c(=O)n1-c1ccccc1C. The number of Topliss-reactive ketones (excluding diaryl/α,β-unsaturated/α-hetero) is 1. The number of thiazole rings is 1. The number of aryl methyl sites for hydroxylation is 2. The van der Waals surface area contributed by atoms with E-state index in [1.165, 1.54) is 4.57 Å². The molecule has 6 heteroatoms. The van der Waals surface area contributed by atoms with Crippen molar-refractivity contribution >= 4 is 28.8 Å². The van der Waals surface area contributed by atoms with Crippen molar-refractivity contribution in [1.29, 1.82) is 5.26 Å². The molecule has 0 aliphatic carbocycles. The topological polar surface area (TPSA) is 75.8 Å². The first-order valence-corrected chi connectivity index (χ1v) is 10.8. The number of carbonyl (C=O) groups excluding carboxylic acids is 1. The Morgan fingerprint density at radius 2 is 1.69 bits per heavy atom. The summed E-state index contributed by atoms with van der Waals surface area (Å²) < 4.78 is 2.17. The second kappa shape index (κ2) is 8.96. The average molecular weight is 438 g/mol. The Morgan fingerprint density at radius 3 is 2.34 bits per heavy atom. The Hall–Kier alpha value is -4.08. The predicted octanol–water partition coefficient (Wildman–Crippen LogP) is 3.30. The van der Waals surface area contributed by atoms with Crippen LogP contribution in [0.1, 0.15) is 27.2 Å². The van der Waals surface area contributed by atoms with Crippen LogP contribution >= 0.6 is 11.3 Å². The van der Waals surface area contributed by atoms with Crippen molar-refractivity contribution in [2.75, 3.05) is 0 Å². The van der Waals surface area contributed by atoms with Gasteiger partial charge in [0.05, 0.1) is 15.9 Å². The first-order valence-electron chi connectivity index (χ1n) is 9.96. The third-order valence-electron chi connectivity index (χ3n) is 5.09. The summed E-state index contributed by atoms with van der Waals surface area (Å²) in [6.45, 7) is 3.71. The lowest BCUT2D eigenvalue weighted by Crippen LogP contribution is -2.32. The first-order chi connectivity index (χ1) is 15.5. The lowest BCUT2D eigenvalue weighted by molar-refractivity contribution is 0.105. The molecule has 0 spiro atoms. The largest absolute Gasteiger partial charge is 0.288 e. The number of hydrogen-bond acceptors (Lipinski definition) is 5.